The zero-order valence-corrected chi connectivity index (χ0v) is 14.0. The first-order valence-electron chi connectivity index (χ1n) is 8.47. The molecule has 0 bridgehead atoms. The van der Waals surface area contributed by atoms with Crippen molar-refractivity contribution in [3.05, 3.63) is 50.8 Å². The van der Waals surface area contributed by atoms with Gasteiger partial charge in [0.2, 0.25) is 0 Å². The van der Waals surface area contributed by atoms with Gasteiger partial charge in [0.05, 0.1) is 10.4 Å². The number of aromatic nitrogens is 1. The van der Waals surface area contributed by atoms with Crippen LogP contribution in [0.25, 0.3) is 10.9 Å². The third-order valence-corrected chi connectivity index (χ3v) is 4.69. The summed E-state index contributed by atoms with van der Waals surface area (Å²) in [6, 6.07) is 6.28. The molecule has 2 aromatic rings. The second-order valence-corrected chi connectivity index (χ2v) is 6.41. The van der Waals surface area contributed by atoms with Crippen molar-refractivity contribution in [2.24, 2.45) is 0 Å². The molecule has 0 saturated heterocycles. The minimum Gasteiger partial charge on any atom is -0.461 e. The van der Waals surface area contributed by atoms with Crippen molar-refractivity contribution in [1.29, 1.82) is 0 Å². The third-order valence-electron chi connectivity index (χ3n) is 4.69. The van der Waals surface area contributed by atoms with Gasteiger partial charge in [-0.1, -0.05) is 6.42 Å². The number of hydrogen-bond donors (Lipinski definition) is 0. The summed E-state index contributed by atoms with van der Waals surface area (Å²) < 4.78 is 6.90. The number of ether oxygens (including phenoxy) is 1. The fourth-order valence-corrected chi connectivity index (χ4v) is 3.32. The van der Waals surface area contributed by atoms with Crippen LogP contribution in [0.15, 0.2) is 35.1 Å². The van der Waals surface area contributed by atoms with Crippen LogP contribution in [0.3, 0.4) is 0 Å². The smallest absolute Gasteiger partial charge is 0.329 e. The summed E-state index contributed by atoms with van der Waals surface area (Å²) in [6.45, 7) is 1.62. The summed E-state index contributed by atoms with van der Waals surface area (Å²) in [4.78, 5) is 35.2. The van der Waals surface area contributed by atoms with Crippen molar-refractivity contribution in [2.45, 2.75) is 51.2 Å². The second-order valence-electron chi connectivity index (χ2n) is 6.41. The van der Waals surface area contributed by atoms with E-state index in [-0.39, 0.29) is 17.4 Å². The molecule has 0 amide bonds. The maximum absolute atomic E-state index is 12.5. The average Bonchev–Trinajstić information content (AvgIpc) is 2.61. The van der Waals surface area contributed by atoms with E-state index in [0.29, 0.717) is 10.9 Å². The van der Waals surface area contributed by atoms with E-state index >= 15 is 0 Å². The lowest BCUT2D eigenvalue weighted by atomic mass is 9.98. The number of nitro benzene ring substituents is 1. The van der Waals surface area contributed by atoms with Gasteiger partial charge in [-0.05, 0) is 44.7 Å². The van der Waals surface area contributed by atoms with Crippen LogP contribution in [-0.4, -0.2) is 21.6 Å². The average molecular weight is 344 g/mol. The molecule has 3 rings (SSSR count). The number of hydrogen-bond acceptors (Lipinski definition) is 5. The summed E-state index contributed by atoms with van der Waals surface area (Å²) >= 11 is 0. The van der Waals surface area contributed by atoms with Crippen molar-refractivity contribution in [2.75, 3.05) is 0 Å². The molecule has 1 aliphatic carbocycles. The van der Waals surface area contributed by atoms with Crippen molar-refractivity contribution in [1.82, 2.24) is 4.57 Å². The molecule has 7 heteroatoms. The molecular formula is C18H20N2O5. The molecule has 132 valence electrons. The normalized spacial score (nSPS) is 16.5. The first-order valence-corrected chi connectivity index (χ1v) is 8.47. The van der Waals surface area contributed by atoms with Crippen LogP contribution in [0.2, 0.25) is 0 Å². The SMILES string of the molecule is CC(C(=O)OC1CCCCC1)n1c(=O)ccc2cc([N+](=O)[O-])ccc21. The Labute approximate surface area is 144 Å². The van der Waals surface area contributed by atoms with Gasteiger partial charge in [0.15, 0.2) is 0 Å². The molecule has 1 fully saturated rings. The fourth-order valence-electron chi connectivity index (χ4n) is 3.32. The molecule has 0 spiro atoms. The summed E-state index contributed by atoms with van der Waals surface area (Å²) in [5.41, 5.74) is 0.0794. The summed E-state index contributed by atoms with van der Waals surface area (Å²) in [5.74, 6) is -0.445. The van der Waals surface area contributed by atoms with Crippen LogP contribution in [0.4, 0.5) is 5.69 Å². The number of rotatable bonds is 4. The Balaban J connectivity index is 1.93. The second kappa shape index (κ2) is 7.04. The zero-order valence-electron chi connectivity index (χ0n) is 14.0. The monoisotopic (exact) mass is 344 g/mol. The molecule has 1 unspecified atom stereocenters. The van der Waals surface area contributed by atoms with E-state index < -0.39 is 16.9 Å². The number of nitro groups is 1. The minimum atomic E-state index is -0.792. The third kappa shape index (κ3) is 3.55. The summed E-state index contributed by atoms with van der Waals surface area (Å²) in [5, 5.41) is 11.5. The zero-order chi connectivity index (χ0) is 18.0. The number of esters is 1. The Morgan fingerprint density at radius 2 is 1.96 bits per heavy atom. The number of fused-ring (bicyclic) bond motifs is 1. The number of nitrogens with zero attached hydrogens (tertiary/aromatic N) is 2. The molecule has 7 nitrogen and oxygen atoms in total. The Kier molecular flexibility index (Phi) is 4.83. The lowest BCUT2D eigenvalue weighted by Gasteiger charge is -2.24. The quantitative estimate of drug-likeness (QED) is 0.482. The van der Waals surface area contributed by atoms with Crippen LogP contribution in [0.5, 0.6) is 0 Å². The number of carbonyl (C=O) groups is 1. The Morgan fingerprint density at radius 1 is 1.24 bits per heavy atom. The predicted octanol–water partition coefficient (Wildman–Crippen LogP) is 3.35. The summed E-state index contributed by atoms with van der Waals surface area (Å²) in [7, 11) is 0. The van der Waals surface area contributed by atoms with Gasteiger partial charge in [0, 0.05) is 23.6 Å². The maximum atomic E-state index is 12.5. The lowest BCUT2D eigenvalue weighted by Crippen LogP contribution is -2.32. The maximum Gasteiger partial charge on any atom is 0.329 e. The Morgan fingerprint density at radius 3 is 2.64 bits per heavy atom. The molecule has 1 aromatic heterocycles. The highest BCUT2D eigenvalue weighted by atomic mass is 16.6. The van der Waals surface area contributed by atoms with Crippen molar-refractivity contribution in [3.63, 3.8) is 0 Å². The van der Waals surface area contributed by atoms with Gasteiger partial charge in [-0.2, -0.15) is 0 Å². The highest BCUT2D eigenvalue weighted by Gasteiger charge is 2.24. The number of pyridine rings is 1. The molecule has 25 heavy (non-hydrogen) atoms. The van der Waals surface area contributed by atoms with Crippen LogP contribution < -0.4 is 5.56 Å². The fraction of sp³-hybridized carbons (Fsp3) is 0.444. The molecule has 1 atom stereocenters. The summed E-state index contributed by atoms with van der Waals surface area (Å²) in [6.07, 6.45) is 4.87. The highest BCUT2D eigenvalue weighted by molar-refractivity contribution is 5.84. The van der Waals surface area contributed by atoms with Crippen LogP contribution in [-0.2, 0) is 9.53 Å². The van der Waals surface area contributed by atoms with E-state index in [0.717, 1.165) is 32.1 Å². The van der Waals surface area contributed by atoms with Gasteiger partial charge < -0.3 is 4.74 Å². The number of non-ortho nitro benzene ring substituents is 1. The van der Waals surface area contributed by atoms with Gasteiger partial charge in [-0.15, -0.1) is 0 Å². The topological polar surface area (TPSA) is 91.4 Å². The minimum absolute atomic E-state index is 0.0601. The van der Waals surface area contributed by atoms with E-state index in [9.17, 15) is 19.7 Å². The van der Waals surface area contributed by atoms with E-state index in [1.54, 1.807) is 6.92 Å². The van der Waals surface area contributed by atoms with Crippen LogP contribution in [0.1, 0.15) is 45.1 Å². The van der Waals surface area contributed by atoms with Crippen molar-refractivity contribution < 1.29 is 14.5 Å². The molecular weight excluding hydrogens is 324 g/mol. The lowest BCUT2D eigenvalue weighted by molar-refractivity contribution is -0.384. The molecule has 1 saturated carbocycles. The predicted molar refractivity (Wildman–Crippen MR) is 92.5 cm³/mol. The van der Waals surface area contributed by atoms with E-state index in [2.05, 4.69) is 0 Å². The van der Waals surface area contributed by atoms with Gasteiger partial charge in [0.1, 0.15) is 12.1 Å². The van der Waals surface area contributed by atoms with E-state index in [1.165, 1.54) is 34.9 Å². The van der Waals surface area contributed by atoms with Gasteiger partial charge in [-0.3, -0.25) is 19.5 Å². The van der Waals surface area contributed by atoms with Gasteiger partial charge >= 0.3 is 5.97 Å². The van der Waals surface area contributed by atoms with Gasteiger partial charge in [-0.25, -0.2) is 4.79 Å². The van der Waals surface area contributed by atoms with E-state index in [4.69, 9.17) is 4.74 Å². The molecule has 1 aromatic carbocycles. The first-order chi connectivity index (χ1) is 12.0. The van der Waals surface area contributed by atoms with E-state index in [1.807, 2.05) is 0 Å². The molecule has 0 N–H and O–H groups in total. The number of benzene rings is 1. The Bertz CT molecular complexity index is 867. The molecule has 1 heterocycles. The number of carbonyl (C=O) groups excluding carboxylic acids is 1. The molecule has 1 aliphatic rings. The standard InChI is InChI=1S/C18H20N2O5/c1-12(18(22)25-15-5-3-2-4-6-15)19-16-9-8-14(20(23)24)11-13(16)7-10-17(19)21/h7-12,15H,2-6H2,1H3. The van der Waals surface area contributed by atoms with Crippen molar-refractivity contribution >= 4 is 22.6 Å². The largest absolute Gasteiger partial charge is 0.461 e. The highest BCUT2D eigenvalue weighted by Crippen LogP contribution is 2.24. The van der Waals surface area contributed by atoms with Crippen LogP contribution in [0, 0.1) is 10.1 Å². The molecule has 0 radical (unpaired) electrons. The van der Waals surface area contributed by atoms with Crippen molar-refractivity contribution in [3.8, 4) is 0 Å². The van der Waals surface area contributed by atoms with Gasteiger partial charge in [0.25, 0.3) is 11.2 Å². The first kappa shape index (κ1) is 17.1. The molecule has 0 aliphatic heterocycles. The van der Waals surface area contributed by atoms with Crippen LogP contribution >= 0.6 is 0 Å². The Hall–Kier alpha value is -2.70.